The Morgan fingerprint density at radius 2 is 2.17 bits per heavy atom. The molecule has 0 aromatic heterocycles. The number of ether oxygens (including phenoxy) is 1. The molecule has 0 aliphatic carbocycles. The van der Waals surface area contributed by atoms with Crippen molar-refractivity contribution in [1.82, 2.24) is 0 Å². The SMILES string of the molecule is O=C(O)c1ccc(NCCOCCO)c(F)c1Br. The van der Waals surface area contributed by atoms with Crippen molar-refractivity contribution in [2.45, 2.75) is 0 Å². The molecule has 1 aromatic carbocycles. The van der Waals surface area contributed by atoms with Crippen LogP contribution >= 0.6 is 15.9 Å². The van der Waals surface area contributed by atoms with Crippen molar-refractivity contribution in [3.05, 3.63) is 28.0 Å². The molecule has 0 heterocycles. The van der Waals surface area contributed by atoms with Crippen LogP contribution in [-0.4, -0.2) is 42.5 Å². The van der Waals surface area contributed by atoms with E-state index in [9.17, 15) is 9.18 Å². The predicted octanol–water partition coefficient (Wildman–Crippen LogP) is 1.71. The Morgan fingerprint density at radius 3 is 2.78 bits per heavy atom. The fourth-order valence-electron chi connectivity index (χ4n) is 1.28. The highest BCUT2D eigenvalue weighted by atomic mass is 79.9. The summed E-state index contributed by atoms with van der Waals surface area (Å²) in [6.45, 7) is 0.840. The second-order valence-electron chi connectivity index (χ2n) is 3.36. The molecule has 0 atom stereocenters. The second-order valence-corrected chi connectivity index (χ2v) is 4.15. The third-order valence-corrected chi connectivity index (χ3v) is 2.89. The zero-order chi connectivity index (χ0) is 13.5. The summed E-state index contributed by atoms with van der Waals surface area (Å²) >= 11 is 2.91. The Labute approximate surface area is 112 Å². The van der Waals surface area contributed by atoms with Gasteiger partial charge >= 0.3 is 5.97 Å². The first-order valence-corrected chi connectivity index (χ1v) is 6.01. The third-order valence-electron chi connectivity index (χ3n) is 2.11. The standard InChI is InChI=1S/C11H13BrFNO4/c12-9-7(11(16)17)1-2-8(10(9)13)14-3-5-18-6-4-15/h1-2,14-15H,3-6H2,(H,16,17). The zero-order valence-electron chi connectivity index (χ0n) is 9.45. The lowest BCUT2D eigenvalue weighted by Crippen LogP contribution is -2.12. The lowest BCUT2D eigenvalue weighted by Gasteiger charge is -2.10. The highest BCUT2D eigenvalue weighted by Gasteiger charge is 2.15. The molecule has 0 aliphatic heterocycles. The smallest absolute Gasteiger partial charge is 0.336 e. The molecule has 100 valence electrons. The molecule has 0 fully saturated rings. The maximum absolute atomic E-state index is 13.7. The van der Waals surface area contributed by atoms with Crippen molar-refractivity contribution in [3.8, 4) is 0 Å². The highest BCUT2D eigenvalue weighted by molar-refractivity contribution is 9.10. The molecule has 0 radical (unpaired) electrons. The minimum Gasteiger partial charge on any atom is -0.478 e. The van der Waals surface area contributed by atoms with E-state index in [1.807, 2.05) is 0 Å². The fourth-order valence-corrected chi connectivity index (χ4v) is 1.79. The summed E-state index contributed by atoms with van der Waals surface area (Å²) in [4.78, 5) is 10.8. The molecule has 1 rings (SSSR count). The molecule has 18 heavy (non-hydrogen) atoms. The summed E-state index contributed by atoms with van der Waals surface area (Å²) in [6, 6.07) is 2.67. The minimum atomic E-state index is -1.20. The third kappa shape index (κ3) is 3.94. The summed E-state index contributed by atoms with van der Waals surface area (Å²) in [5.41, 5.74) is 0.0639. The van der Waals surface area contributed by atoms with Crippen LogP contribution in [0.5, 0.6) is 0 Å². The number of aliphatic hydroxyl groups excluding tert-OH is 1. The van der Waals surface area contributed by atoms with Crippen LogP contribution in [0.25, 0.3) is 0 Å². The predicted molar refractivity (Wildman–Crippen MR) is 67.5 cm³/mol. The molecule has 7 heteroatoms. The van der Waals surface area contributed by atoms with Crippen molar-refractivity contribution in [1.29, 1.82) is 0 Å². The summed E-state index contributed by atoms with van der Waals surface area (Å²) in [7, 11) is 0. The Bertz CT molecular complexity index is 428. The Morgan fingerprint density at radius 1 is 1.44 bits per heavy atom. The van der Waals surface area contributed by atoms with Gasteiger partial charge in [0, 0.05) is 6.54 Å². The van der Waals surface area contributed by atoms with Gasteiger partial charge in [-0.2, -0.15) is 0 Å². The van der Waals surface area contributed by atoms with Crippen molar-refractivity contribution in [2.75, 3.05) is 31.7 Å². The van der Waals surface area contributed by atoms with E-state index in [-0.39, 0.29) is 28.9 Å². The first-order valence-electron chi connectivity index (χ1n) is 5.21. The molecular weight excluding hydrogens is 309 g/mol. The summed E-state index contributed by atoms with van der Waals surface area (Å²) < 4.78 is 18.7. The largest absolute Gasteiger partial charge is 0.478 e. The second kappa shape index (κ2) is 7.30. The Kier molecular flexibility index (Phi) is 6.03. The van der Waals surface area contributed by atoms with E-state index in [4.69, 9.17) is 14.9 Å². The quantitative estimate of drug-likeness (QED) is 0.666. The van der Waals surface area contributed by atoms with Crippen molar-refractivity contribution in [2.24, 2.45) is 0 Å². The minimum absolute atomic E-state index is 0.0623. The molecular formula is C11H13BrFNO4. The van der Waals surface area contributed by atoms with Gasteiger partial charge in [0.1, 0.15) is 0 Å². The number of carboxylic acid groups (broad SMARTS) is 1. The van der Waals surface area contributed by atoms with Crippen LogP contribution in [0.4, 0.5) is 10.1 Å². The topological polar surface area (TPSA) is 78.8 Å². The number of carbonyl (C=O) groups is 1. The van der Waals surface area contributed by atoms with E-state index in [2.05, 4.69) is 21.2 Å². The van der Waals surface area contributed by atoms with Gasteiger partial charge in [-0.3, -0.25) is 0 Å². The number of benzene rings is 1. The zero-order valence-corrected chi connectivity index (χ0v) is 11.0. The number of hydrogen-bond donors (Lipinski definition) is 3. The number of anilines is 1. The van der Waals surface area contributed by atoms with E-state index >= 15 is 0 Å². The number of hydrogen-bond acceptors (Lipinski definition) is 4. The Balaban J connectivity index is 2.62. The van der Waals surface area contributed by atoms with Gasteiger partial charge in [0.05, 0.1) is 35.5 Å². The molecule has 0 bridgehead atoms. The Hall–Kier alpha value is -1.18. The van der Waals surface area contributed by atoms with Crippen LogP contribution < -0.4 is 5.32 Å². The van der Waals surface area contributed by atoms with Crippen molar-refractivity contribution >= 4 is 27.6 Å². The molecule has 1 aromatic rings. The van der Waals surface area contributed by atoms with Gasteiger partial charge in [0.25, 0.3) is 0 Å². The van der Waals surface area contributed by atoms with Gasteiger partial charge in [-0.25, -0.2) is 9.18 Å². The maximum Gasteiger partial charge on any atom is 0.336 e. The van der Waals surface area contributed by atoms with Crippen LogP contribution in [0.1, 0.15) is 10.4 Å². The van der Waals surface area contributed by atoms with E-state index in [1.165, 1.54) is 12.1 Å². The maximum atomic E-state index is 13.7. The van der Waals surface area contributed by atoms with Crippen molar-refractivity contribution in [3.63, 3.8) is 0 Å². The highest BCUT2D eigenvalue weighted by Crippen LogP contribution is 2.26. The molecule has 0 spiro atoms. The van der Waals surface area contributed by atoms with Crippen LogP contribution in [0.3, 0.4) is 0 Å². The lowest BCUT2D eigenvalue weighted by molar-refractivity contribution is 0.0695. The number of nitrogens with one attached hydrogen (secondary N) is 1. The molecule has 0 saturated carbocycles. The molecule has 5 nitrogen and oxygen atoms in total. The van der Waals surface area contributed by atoms with Gasteiger partial charge in [0.15, 0.2) is 5.82 Å². The van der Waals surface area contributed by atoms with Crippen molar-refractivity contribution < 1.29 is 24.1 Å². The lowest BCUT2D eigenvalue weighted by atomic mass is 10.2. The fraction of sp³-hybridized carbons (Fsp3) is 0.364. The van der Waals surface area contributed by atoms with Gasteiger partial charge in [-0.1, -0.05) is 0 Å². The number of halogens is 2. The molecule has 0 unspecified atom stereocenters. The number of aromatic carboxylic acids is 1. The molecule has 0 aliphatic rings. The number of carboxylic acids is 1. The van der Waals surface area contributed by atoms with Crippen LogP contribution in [0.2, 0.25) is 0 Å². The first-order chi connectivity index (χ1) is 8.57. The van der Waals surface area contributed by atoms with Gasteiger partial charge in [0.2, 0.25) is 0 Å². The van der Waals surface area contributed by atoms with Gasteiger partial charge < -0.3 is 20.3 Å². The molecule has 0 amide bonds. The van der Waals surface area contributed by atoms with E-state index < -0.39 is 11.8 Å². The first kappa shape index (κ1) is 14.9. The van der Waals surface area contributed by atoms with Crippen LogP contribution in [-0.2, 0) is 4.74 Å². The monoisotopic (exact) mass is 321 g/mol. The van der Waals surface area contributed by atoms with E-state index in [0.29, 0.717) is 13.2 Å². The number of aliphatic hydroxyl groups is 1. The van der Waals surface area contributed by atoms with Gasteiger partial charge in [-0.05, 0) is 28.1 Å². The normalized spacial score (nSPS) is 10.4. The molecule has 3 N–H and O–H groups in total. The molecule has 0 saturated heterocycles. The van der Waals surface area contributed by atoms with E-state index in [0.717, 1.165) is 0 Å². The average Bonchev–Trinajstić information content (AvgIpc) is 2.33. The van der Waals surface area contributed by atoms with Crippen LogP contribution in [0.15, 0.2) is 16.6 Å². The number of rotatable bonds is 7. The average molecular weight is 322 g/mol. The van der Waals surface area contributed by atoms with Crippen LogP contribution in [0, 0.1) is 5.82 Å². The van der Waals surface area contributed by atoms with Gasteiger partial charge in [-0.15, -0.1) is 0 Å². The summed E-state index contributed by atoms with van der Waals surface area (Å²) in [6.07, 6.45) is 0. The van der Waals surface area contributed by atoms with E-state index in [1.54, 1.807) is 0 Å². The summed E-state index contributed by atoms with van der Waals surface area (Å²) in [5.74, 6) is -1.85. The summed E-state index contributed by atoms with van der Waals surface area (Å²) in [5, 5.41) is 20.0.